The summed E-state index contributed by atoms with van der Waals surface area (Å²) in [4.78, 5) is 41.6. The first-order valence-corrected chi connectivity index (χ1v) is 13.9. The van der Waals surface area contributed by atoms with Crippen molar-refractivity contribution in [1.82, 2.24) is 14.7 Å². The molecule has 0 aromatic carbocycles. The van der Waals surface area contributed by atoms with E-state index in [1.807, 2.05) is 26.0 Å². The number of hydrogen-bond donors (Lipinski definition) is 2. The number of rotatable bonds is 3. The Balaban J connectivity index is 1.93. The normalized spacial score (nSPS) is 37.6. The highest BCUT2D eigenvalue weighted by Crippen LogP contribution is 2.57. The van der Waals surface area contributed by atoms with Gasteiger partial charge in [0.25, 0.3) is 0 Å². The van der Waals surface area contributed by atoms with Gasteiger partial charge >= 0.3 is 0 Å². The zero-order chi connectivity index (χ0) is 23.7. The largest absolute Gasteiger partial charge is 0.331 e. The molecule has 0 spiro atoms. The van der Waals surface area contributed by atoms with E-state index in [2.05, 4.69) is 19.2 Å². The van der Waals surface area contributed by atoms with E-state index in [0.29, 0.717) is 19.4 Å². The summed E-state index contributed by atoms with van der Waals surface area (Å²) < 4.78 is 25.5. The van der Waals surface area contributed by atoms with Gasteiger partial charge in [0.1, 0.15) is 0 Å². The molecule has 1 saturated carbocycles. The molecule has 1 aliphatic carbocycles. The van der Waals surface area contributed by atoms with Gasteiger partial charge in [-0.25, -0.2) is 8.42 Å². The number of amides is 2. The Kier molecular flexibility index (Phi) is 7.83. The van der Waals surface area contributed by atoms with Gasteiger partial charge in [-0.2, -0.15) is 0 Å². The Labute approximate surface area is 193 Å². The molecule has 0 aromatic rings. The maximum Gasteiger partial charge on any atom is 0.240 e. The molecule has 2 heterocycles. The van der Waals surface area contributed by atoms with Gasteiger partial charge in [0.15, 0.2) is 5.78 Å². The molecular weight excluding hydrogens is 449 g/mol. The van der Waals surface area contributed by atoms with Crippen LogP contribution in [0.5, 0.6) is 0 Å². The van der Waals surface area contributed by atoms with Gasteiger partial charge < -0.3 is 4.90 Å². The summed E-state index contributed by atoms with van der Waals surface area (Å²) in [6.45, 7) is 4.52. The van der Waals surface area contributed by atoms with E-state index in [9.17, 15) is 22.8 Å². The number of ketones is 1. The van der Waals surface area contributed by atoms with Crippen molar-refractivity contribution in [3.05, 3.63) is 12.2 Å². The summed E-state index contributed by atoms with van der Waals surface area (Å²) in [5.41, 5.74) is -1.06. The molecule has 0 radical (unpaired) electrons. The quantitative estimate of drug-likeness (QED) is 0.466. The molecule has 2 N–H and O–H groups in total. The van der Waals surface area contributed by atoms with Gasteiger partial charge in [0.2, 0.25) is 21.8 Å². The summed E-state index contributed by atoms with van der Waals surface area (Å²) >= 11 is 0. The van der Waals surface area contributed by atoms with E-state index in [4.69, 9.17) is 0 Å². The number of nitrogens with zero attached hydrogens (tertiary/aromatic N) is 1. The van der Waals surface area contributed by atoms with Crippen LogP contribution in [0.2, 0.25) is 0 Å². The van der Waals surface area contributed by atoms with E-state index in [-0.39, 0.29) is 41.9 Å². The first kappa shape index (κ1) is 25.3. The first-order valence-electron chi connectivity index (χ1n) is 11.5. The lowest BCUT2D eigenvalue weighted by Gasteiger charge is -2.30. The van der Waals surface area contributed by atoms with E-state index in [1.165, 1.54) is 0 Å². The lowest BCUT2D eigenvalue weighted by atomic mass is 9.86. The standard InChI is InChI=1S/C22H36N3O5PS/c1-14-13-25-19(15(14)2)18(26)12-22(21(28)24-32(3,29)30)11-16(22)9-7-5-4-6-8-10-17(23-31)20(25)27/h7,9,14-17,19,23H,4-6,8,10-13,31H2,1-3H3,(H,24,28)/b9-7-/t14-,15?,16+,17-,19-,22+/m0/s1. The fraction of sp³-hybridized carbons (Fsp3) is 0.773. The molecule has 2 fully saturated rings. The van der Waals surface area contributed by atoms with Crippen LogP contribution < -0.4 is 9.81 Å². The van der Waals surface area contributed by atoms with Crippen LogP contribution in [0.3, 0.4) is 0 Å². The molecule has 3 rings (SSSR count). The molecule has 2 unspecified atom stereocenters. The predicted molar refractivity (Wildman–Crippen MR) is 126 cm³/mol. The fourth-order valence-electron chi connectivity index (χ4n) is 5.22. The minimum Gasteiger partial charge on any atom is -0.331 e. The van der Waals surface area contributed by atoms with Crippen LogP contribution in [0.15, 0.2) is 12.2 Å². The number of carbonyl (C=O) groups is 3. The molecule has 0 bridgehead atoms. The van der Waals surface area contributed by atoms with Crippen molar-refractivity contribution >= 4 is 37.0 Å². The highest BCUT2D eigenvalue weighted by Gasteiger charge is 2.61. The number of sulfonamides is 1. The third-order valence-electron chi connectivity index (χ3n) is 7.41. The van der Waals surface area contributed by atoms with Gasteiger partial charge in [-0.1, -0.05) is 48.2 Å². The minimum atomic E-state index is -3.73. The number of carbonyl (C=O) groups excluding carboxylic acids is 3. The number of Topliss-reactive ketones (excluding diaryl/α,β-unsaturated/α-hetero) is 1. The summed E-state index contributed by atoms with van der Waals surface area (Å²) in [5, 5.41) is 3.04. The second-order valence-electron chi connectivity index (χ2n) is 9.87. The molecule has 180 valence electrons. The molecule has 10 heteroatoms. The third-order valence-corrected chi connectivity index (χ3v) is 8.37. The molecule has 2 amide bonds. The SMILES string of the molecule is CC1[C@H]2C(=O)C[C@]3(C(=O)NS(C)(=O)=O)C[C@H]3/C=C\CCCCC[C@H](NP)C(=O)N2C[C@@H]1C. The van der Waals surface area contributed by atoms with E-state index < -0.39 is 27.4 Å². The Morgan fingerprint density at radius 2 is 1.94 bits per heavy atom. The van der Waals surface area contributed by atoms with Crippen molar-refractivity contribution in [2.24, 2.45) is 23.2 Å². The van der Waals surface area contributed by atoms with Crippen molar-refractivity contribution < 1.29 is 22.8 Å². The predicted octanol–water partition coefficient (Wildman–Crippen LogP) is 1.78. The molecular formula is C22H36N3O5PS. The van der Waals surface area contributed by atoms with Crippen LogP contribution >= 0.6 is 9.39 Å². The second kappa shape index (κ2) is 9.90. The van der Waals surface area contributed by atoms with Crippen LogP contribution in [0.25, 0.3) is 0 Å². The van der Waals surface area contributed by atoms with E-state index in [1.54, 1.807) is 4.90 Å². The molecule has 3 aliphatic rings. The molecule has 1 saturated heterocycles. The highest BCUT2D eigenvalue weighted by atomic mass is 32.2. The third kappa shape index (κ3) is 5.42. The maximum absolute atomic E-state index is 13.6. The van der Waals surface area contributed by atoms with Crippen LogP contribution in [-0.2, 0) is 24.4 Å². The number of fused-ring (bicyclic) bond motifs is 2. The van der Waals surface area contributed by atoms with Crippen LogP contribution in [-0.4, -0.2) is 55.8 Å². The summed E-state index contributed by atoms with van der Waals surface area (Å²) in [6.07, 6.45) is 9.75. The van der Waals surface area contributed by atoms with Crippen molar-refractivity contribution in [1.29, 1.82) is 0 Å². The highest BCUT2D eigenvalue weighted by molar-refractivity contribution is 7.89. The van der Waals surface area contributed by atoms with Gasteiger partial charge in [0, 0.05) is 13.0 Å². The first-order chi connectivity index (χ1) is 15.0. The zero-order valence-electron chi connectivity index (χ0n) is 19.2. The molecule has 8 nitrogen and oxygen atoms in total. The average molecular weight is 486 g/mol. The number of allylic oxidation sites excluding steroid dienone is 2. The summed E-state index contributed by atoms with van der Waals surface area (Å²) in [6, 6.07) is -0.971. The van der Waals surface area contributed by atoms with Gasteiger partial charge in [-0.05, 0) is 43.4 Å². The maximum atomic E-state index is 13.6. The minimum absolute atomic E-state index is 0.0324. The van der Waals surface area contributed by atoms with Crippen molar-refractivity contribution in [2.45, 2.75) is 70.9 Å². The monoisotopic (exact) mass is 485 g/mol. The summed E-state index contributed by atoms with van der Waals surface area (Å²) in [7, 11) is -1.31. The van der Waals surface area contributed by atoms with Crippen LogP contribution in [0.4, 0.5) is 0 Å². The zero-order valence-corrected chi connectivity index (χ0v) is 21.1. The number of nitrogens with one attached hydrogen (secondary N) is 2. The van der Waals surface area contributed by atoms with Crippen molar-refractivity contribution in [3.63, 3.8) is 0 Å². The number of hydrogen-bond acceptors (Lipinski definition) is 6. The van der Waals surface area contributed by atoms with Gasteiger partial charge in [-0.3, -0.25) is 24.2 Å². The second-order valence-corrected chi connectivity index (χ2v) is 12.0. The fourth-order valence-corrected chi connectivity index (χ4v) is 6.07. The molecule has 2 aliphatic heterocycles. The van der Waals surface area contributed by atoms with E-state index in [0.717, 1.165) is 31.9 Å². The molecule has 0 aromatic heterocycles. The van der Waals surface area contributed by atoms with Crippen LogP contribution in [0.1, 0.15) is 58.8 Å². The van der Waals surface area contributed by atoms with Crippen LogP contribution in [0, 0.1) is 23.2 Å². The Bertz CT molecular complexity index is 892. The molecule has 7 atom stereocenters. The lowest BCUT2D eigenvalue weighted by molar-refractivity contribution is -0.141. The Morgan fingerprint density at radius 3 is 2.59 bits per heavy atom. The average Bonchev–Trinajstić information content (AvgIpc) is 3.31. The lowest BCUT2D eigenvalue weighted by Crippen LogP contribution is -2.50. The molecule has 32 heavy (non-hydrogen) atoms. The van der Waals surface area contributed by atoms with E-state index >= 15 is 0 Å². The Morgan fingerprint density at radius 1 is 1.22 bits per heavy atom. The van der Waals surface area contributed by atoms with Crippen molar-refractivity contribution in [3.8, 4) is 0 Å². The topological polar surface area (TPSA) is 113 Å². The smallest absolute Gasteiger partial charge is 0.240 e. The Hall–Kier alpha value is -1.31. The summed E-state index contributed by atoms with van der Waals surface area (Å²) in [5.74, 6) is -0.897. The van der Waals surface area contributed by atoms with Gasteiger partial charge in [0.05, 0.1) is 23.8 Å². The van der Waals surface area contributed by atoms with Gasteiger partial charge in [-0.15, -0.1) is 0 Å². The van der Waals surface area contributed by atoms with Crippen molar-refractivity contribution in [2.75, 3.05) is 12.8 Å².